The summed E-state index contributed by atoms with van der Waals surface area (Å²) in [4.78, 5) is 10.6. The van der Waals surface area contributed by atoms with Gasteiger partial charge in [-0.2, -0.15) is 0 Å². The molecule has 0 aliphatic heterocycles. The normalized spacial score (nSPS) is 9.64. The van der Waals surface area contributed by atoms with E-state index in [9.17, 15) is 9.18 Å². The molecular formula is C10H11FO3. The summed E-state index contributed by atoms with van der Waals surface area (Å²) in [5.41, 5.74) is 0. The molecule has 1 aromatic carbocycles. The average Bonchev–Trinajstić information content (AvgIpc) is 2.15. The van der Waals surface area contributed by atoms with Crippen molar-refractivity contribution >= 4 is 5.78 Å². The number of carbonyl (C=O) groups is 1. The molecule has 76 valence electrons. The van der Waals surface area contributed by atoms with Crippen LogP contribution in [0.5, 0.6) is 11.5 Å². The van der Waals surface area contributed by atoms with Crippen LogP contribution in [-0.2, 0) is 4.79 Å². The molecule has 0 aromatic heterocycles. The molecule has 0 spiro atoms. The second kappa shape index (κ2) is 4.60. The average molecular weight is 198 g/mol. The number of ketones is 1. The van der Waals surface area contributed by atoms with Crippen LogP contribution in [0.2, 0.25) is 0 Å². The highest BCUT2D eigenvalue weighted by molar-refractivity contribution is 5.77. The summed E-state index contributed by atoms with van der Waals surface area (Å²) in [7, 11) is 1.41. The van der Waals surface area contributed by atoms with E-state index in [2.05, 4.69) is 0 Å². The molecule has 0 radical (unpaired) electrons. The van der Waals surface area contributed by atoms with Gasteiger partial charge in [0.1, 0.15) is 12.4 Å². The minimum Gasteiger partial charge on any atom is -0.493 e. The monoisotopic (exact) mass is 198 g/mol. The predicted octanol–water partition coefficient (Wildman–Crippen LogP) is 1.80. The lowest BCUT2D eigenvalue weighted by atomic mass is 10.3. The Hall–Kier alpha value is -1.58. The van der Waals surface area contributed by atoms with Gasteiger partial charge in [-0.05, 0) is 19.1 Å². The third kappa shape index (κ3) is 2.73. The van der Waals surface area contributed by atoms with Crippen LogP contribution in [0.25, 0.3) is 0 Å². The maximum atomic E-state index is 12.7. The number of Topliss-reactive ketones (excluding diaryl/α,β-unsaturated/α-hetero) is 1. The molecule has 0 saturated carbocycles. The molecule has 4 heteroatoms. The Kier molecular flexibility index (Phi) is 3.45. The van der Waals surface area contributed by atoms with Crippen molar-refractivity contribution < 1.29 is 18.7 Å². The highest BCUT2D eigenvalue weighted by atomic mass is 19.1. The summed E-state index contributed by atoms with van der Waals surface area (Å²) >= 11 is 0. The van der Waals surface area contributed by atoms with Crippen molar-refractivity contribution in [2.24, 2.45) is 0 Å². The second-order valence-electron chi connectivity index (χ2n) is 2.79. The lowest BCUT2D eigenvalue weighted by Gasteiger charge is -2.08. The number of methoxy groups -OCH3 is 1. The summed E-state index contributed by atoms with van der Waals surface area (Å²) in [5.74, 6) is 0.142. The fraction of sp³-hybridized carbons (Fsp3) is 0.300. The van der Waals surface area contributed by atoms with E-state index >= 15 is 0 Å². The number of halogens is 1. The van der Waals surface area contributed by atoms with Crippen molar-refractivity contribution in [3.8, 4) is 11.5 Å². The van der Waals surface area contributed by atoms with Gasteiger partial charge in [-0.15, -0.1) is 0 Å². The van der Waals surface area contributed by atoms with Crippen molar-refractivity contribution in [3.05, 3.63) is 24.0 Å². The number of hydrogen-bond acceptors (Lipinski definition) is 3. The predicted molar refractivity (Wildman–Crippen MR) is 49.1 cm³/mol. The topological polar surface area (TPSA) is 35.5 Å². The van der Waals surface area contributed by atoms with Crippen LogP contribution in [0, 0.1) is 5.82 Å². The summed E-state index contributed by atoms with van der Waals surface area (Å²) in [5, 5.41) is 0. The Morgan fingerprint density at radius 2 is 2.14 bits per heavy atom. The van der Waals surface area contributed by atoms with Gasteiger partial charge in [0.15, 0.2) is 17.3 Å². The van der Waals surface area contributed by atoms with Crippen molar-refractivity contribution in [3.63, 3.8) is 0 Å². The fourth-order valence-electron chi connectivity index (χ4n) is 0.940. The molecule has 1 aromatic rings. The van der Waals surface area contributed by atoms with Gasteiger partial charge in [-0.1, -0.05) is 0 Å². The summed E-state index contributed by atoms with van der Waals surface area (Å²) < 4.78 is 22.7. The minimum atomic E-state index is -0.406. The Morgan fingerprint density at radius 3 is 2.71 bits per heavy atom. The third-order valence-electron chi connectivity index (χ3n) is 1.56. The largest absolute Gasteiger partial charge is 0.493 e. The van der Waals surface area contributed by atoms with Crippen LogP contribution < -0.4 is 9.47 Å². The van der Waals surface area contributed by atoms with Crippen LogP contribution in [-0.4, -0.2) is 19.5 Å². The van der Waals surface area contributed by atoms with Gasteiger partial charge >= 0.3 is 0 Å². The van der Waals surface area contributed by atoms with Gasteiger partial charge in [-0.3, -0.25) is 4.79 Å². The van der Waals surface area contributed by atoms with Crippen molar-refractivity contribution in [1.82, 2.24) is 0 Å². The highest BCUT2D eigenvalue weighted by Crippen LogP contribution is 2.27. The number of hydrogen-bond donors (Lipinski definition) is 0. The van der Waals surface area contributed by atoms with Crippen molar-refractivity contribution in [2.45, 2.75) is 6.92 Å². The van der Waals surface area contributed by atoms with Gasteiger partial charge in [0, 0.05) is 6.07 Å². The Labute approximate surface area is 81.4 Å². The van der Waals surface area contributed by atoms with E-state index in [1.54, 1.807) is 0 Å². The highest BCUT2D eigenvalue weighted by Gasteiger charge is 2.06. The Balaban J connectivity index is 2.80. The van der Waals surface area contributed by atoms with Crippen LogP contribution >= 0.6 is 0 Å². The Morgan fingerprint density at radius 1 is 1.43 bits per heavy atom. The molecule has 1 rings (SSSR count). The smallest absolute Gasteiger partial charge is 0.167 e. The first-order valence-corrected chi connectivity index (χ1v) is 4.09. The van der Waals surface area contributed by atoms with Crippen molar-refractivity contribution in [2.75, 3.05) is 13.7 Å². The Bertz CT molecular complexity index is 336. The fourth-order valence-corrected chi connectivity index (χ4v) is 0.940. The molecule has 0 bridgehead atoms. The van der Waals surface area contributed by atoms with E-state index in [0.29, 0.717) is 5.75 Å². The molecule has 3 nitrogen and oxygen atoms in total. The van der Waals surface area contributed by atoms with E-state index in [4.69, 9.17) is 9.47 Å². The molecule has 0 N–H and O–H groups in total. The molecule has 0 aliphatic carbocycles. The number of rotatable bonds is 4. The van der Waals surface area contributed by atoms with Crippen LogP contribution in [0.3, 0.4) is 0 Å². The van der Waals surface area contributed by atoms with E-state index in [1.165, 1.54) is 32.2 Å². The van der Waals surface area contributed by atoms with Gasteiger partial charge < -0.3 is 9.47 Å². The lowest BCUT2D eigenvalue weighted by Crippen LogP contribution is -2.07. The zero-order chi connectivity index (χ0) is 10.6. The molecule has 0 aliphatic rings. The zero-order valence-electron chi connectivity index (χ0n) is 8.04. The quantitative estimate of drug-likeness (QED) is 0.740. The van der Waals surface area contributed by atoms with Crippen LogP contribution in [0.4, 0.5) is 4.39 Å². The first-order valence-electron chi connectivity index (χ1n) is 4.09. The number of carbonyl (C=O) groups excluding carboxylic acids is 1. The molecular weight excluding hydrogens is 187 g/mol. The minimum absolute atomic E-state index is 0.0397. The SMILES string of the molecule is COc1cc(F)ccc1OCC(C)=O. The molecule has 14 heavy (non-hydrogen) atoms. The number of benzene rings is 1. The molecule has 0 unspecified atom stereocenters. The van der Waals surface area contributed by atoms with E-state index < -0.39 is 5.82 Å². The van der Waals surface area contributed by atoms with Gasteiger partial charge in [0.2, 0.25) is 0 Å². The molecule has 0 saturated heterocycles. The maximum Gasteiger partial charge on any atom is 0.167 e. The van der Waals surface area contributed by atoms with Crippen molar-refractivity contribution in [1.29, 1.82) is 0 Å². The van der Waals surface area contributed by atoms with Crippen LogP contribution in [0.1, 0.15) is 6.92 Å². The summed E-state index contributed by atoms with van der Waals surface area (Å²) in [6, 6.07) is 3.88. The van der Waals surface area contributed by atoms with E-state index in [0.717, 1.165) is 0 Å². The van der Waals surface area contributed by atoms with Crippen LogP contribution in [0.15, 0.2) is 18.2 Å². The number of ether oxygens (including phenoxy) is 2. The first kappa shape index (κ1) is 10.5. The molecule has 0 amide bonds. The first-order chi connectivity index (χ1) is 6.63. The molecule has 0 fully saturated rings. The van der Waals surface area contributed by atoms with Gasteiger partial charge in [0.05, 0.1) is 7.11 Å². The van der Waals surface area contributed by atoms with Gasteiger partial charge in [0.25, 0.3) is 0 Å². The third-order valence-corrected chi connectivity index (χ3v) is 1.56. The summed E-state index contributed by atoms with van der Waals surface area (Å²) in [6.45, 7) is 1.37. The van der Waals surface area contributed by atoms with E-state index in [-0.39, 0.29) is 18.1 Å². The summed E-state index contributed by atoms with van der Waals surface area (Å²) in [6.07, 6.45) is 0. The van der Waals surface area contributed by atoms with E-state index in [1.807, 2.05) is 0 Å². The maximum absolute atomic E-state index is 12.7. The lowest BCUT2D eigenvalue weighted by molar-refractivity contribution is -0.118. The molecule has 0 atom stereocenters. The van der Waals surface area contributed by atoms with Gasteiger partial charge in [-0.25, -0.2) is 4.39 Å². The second-order valence-corrected chi connectivity index (χ2v) is 2.79. The molecule has 0 heterocycles. The zero-order valence-corrected chi connectivity index (χ0v) is 8.04. The standard InChI is InChI=1S/C10H11FO3/c1-7(12)6-14-9-4-3-8(11)5-10(9)13-2/h3-5H,6H2,1-2H3.